The third kappa shape index (κ3) is 2.08. The van der Waals surface area contributed by atoms with Crippen molar-refractivity contribution in [3.63, 3.8) is 0 Å². The van der Waals surface area contributed by atoms with Gasteiger partial charge in [-0.05, 0) is 43.9 Å². The highest BCUT2D eigenvalue weighted by Crippen LogP contribution is 2.38. The van der Waals surface area contributed by atoms with Crippen LogP contribution in [0.3, 0.4) is 0 Å². The van der Waals surface area contributed by atoms with Crippen LogP contribution in [0.4, 0.5) is 5.69 Å². The van der Waals surface area contributed by atoms with Gasteiger partial charge in [-0.25, -0.2) is 0 Å². The van der Waals surface area contributed by atoms with Gasteiger partial charge in [0.2, 0.25) is 0 Å². The lowest BCUT2D eigenvalue weighted by Gasteiger charge is -2.43. The maximum absolute atomic E-state index is 9.09. The molecule has 1 aromatic carbocycles. The Morgan fingerprint density at radius 3 is 2.75 bits per heavy atom. The predicted octanol–water partition coefficient (Wildman–Crippen LogP) is 4.07. The first-order valence-corrected chi connectivity index (χ1v) is 6.46. The highest BCUT2D eigenvalue weighted by atomic mass is 79.9. The van der Waals surface area contributed by atoms with Gasteiger partial charge in [-0.1, -0.05) is 22.9 Å². The molecule has 84 valence electrons. The lowest BCUT2D eigenvalue weighted by Crippen LogP contribution is -2.44. The van der Waals surface area contributed by atoms with Gasteiger partial charge >= 0.3 is 0 Å². The summed E-state index contributed by atoms with van der Waals surface area (Å²) < 4.78 is 0.953. The summed E-state index contributed by atoms with van der Waals surface area (Å²) in [5.41, 5.74) is 1.92. The van der Waals surface area contributed by atoms with Crippen molar-refractivity contribution in [3.05, 3.63) is 28.2 Å². The van der Waals surface area contributed by atoms with Crippen molar-refractivity contribution in [2.45, 2.75) is 38.1 Å². The van der Waals surface area contributed by atoms with Crippen molar-refractivity contribution in [3.8, 4) is 6.07 Å². The quantitative estimate of drug-likeness (QED) is 0.905. The fourth-order valence-electron chi connectivity index (χ4n) is 2.17. The number of hydrogen-bond donors (Lipinski definition) is 1. The molecule has 0 heterocycles. The maximum Gasteiger partial charge on any atom is 0.101 e. The van der Waals surface area contributed by atoms with Gasteiger partial charge < -0.3 is 5.32 Å². The van der Waals surface area contributed by atoms with Crippen molar-refractivity contribution in [1.82, 2.24) is 0 Å². The number of hydrogen-bond acceptors (Lipinski definition) is 2. The fourth-order valence-corrected chi connectivity index (χ4v) is 2.54. The van der Waals surface area contributed by atoms with E-state index in [-0.39, 0.29) is 5.54 Å². The summed E-state index contributed by atoms with van der Waals surface area (Å²) in [6, 6.07) is 8.07. The van der Waals surface area contributed by atoms with Crippen molar-refractivity contribution < 1.29 is 0 Å². The topological polar surface area (TPSA) is 35.8 Å². The molecule has 1 fully saturated rings. The zero-order chi connectivity index (χ0) is 11.6. The lowest BCUT2D eigenvalue weighted by molar-refractivity contribution is 0.269. The van der Waals surface area contributed by atoms with Crippen LogP contribution in [0.15, 0.2) is 22.7 Å². The zero-order valence-electron chi connectivity index (χ0n) is 9.39. The second kappa shape index (κ2) is 4.47. The van der Waals surface area contributed by atoms with Crippen LogP contribution >= 0.6 is 15.9 Å². The molecule has 2 rings (SSSR count). The van der Waals surface area contributed by atoms with Crippen LogP contribution in [0.2, 0.25) is 0 Å². The average Bonchev–Trinajstić information content (AvgIpc) is 2.25. The van der Waals surface area contributed by atoms with Crippen molar-refractivity contribution >= 4 is 21.6 Å². The molecular weight excluding hydrogens is 264 g/mol. The van der Waals surface area contributed by atoms with Crippen LogP contribution in [0, 0.1) is 11.3 Å². The minimum atomic E-state index is 0.236. The van der Waals surface area contributed by atoms with E-state index in [1.165, 1.54) is 19.3 Å². The SMILES string of the molecule is CCC1(Nc2ccc(Br)cc2C#N)CCC1. The monoisotopic (exact) mass is 278 g/mol. The molecule has 0 aliphatic heterocycles. The maximum atomic E-state index is 9.09. The van der Waals surface area contributed by atoms with E-state index in [0.717, 1.165) is 16.6 Å². The molecule has 0 saturated heterocycles. The molecular formula is C13H15BrN2. The van der Waals surface area contributed by atoms with E-state index < -0.39 is 0 Å². The number of rotatable bonds is 3. The molecule has 0 amide bonds. The average molecular weight is 279 g/mol. The third-order valence-electron chi connectivity index (χ3n) is 3.49. The summed E-state index contributed by atoms with van der Waals surface area (Å²) in [6.45, 7) is 2.21. The molecule has 0 atom stereocenters. The number of nitrogens with zero attached hydrogens (tertiary/aromatic N) is 1. The molecule has 1 saturated carbocycles. The molecule has 0 radical (unpaired) electrons. The Labute approximate surface area is 105 Å². The normalized spacial score (nSPS) is 17.3. The van der Waals surface area contributed by atoms with Crippen LogP contribution in [-0.4, -0.2) is 5.54 Å². The predicted molar refractivity (Wildman–Crippen MR) is 69.4 cm³/mol. The zero-order valence-corrected chi connectivity index (χ0v) is 11.0. The molecule has 0 bridgehead atoms. The van der Waals surface area contributed by atoms with Crippen LogP contribution in [0.1, 0.15) is 38.2 Å². The van der Waals surface area contributed by atoms with Crippen LogP contribution in [0.25, 0.3) is 0 Å². The Kier molecular flexibility index (Phi) is 3.20. The lowest BCUT2D eigenvalue weighted by atomic mass is 9.74. The summed E-state index contributed by atoms with van der Waals surface area (Å²) in [5.74, 6) is 0. The molecule has 0 unspecified atom stereocenters. The number of halogens is 1. The minimum Gasteiger partial charge on any atom is -0.379 e. The summed E-state index contributed by atoms with van der Waals surface area (Å²) in [5, 5.41) is 12.6. The van der Waals surface area contributed by atoms with Gasteiger partial charge in [0, 0.05) is 10.0 Å². The van der Waals surface area contributed by atoms with Gasteiger partial charge in [0.15, 0.2) is 0 Å². The van der Waals surface area contributed by atoms with Gasteiger partial charge in [-0.2, -0.15) is 5.26 Å². The first-order chi connectivity index (χ1) is 7.69. The molecule has 1 aliphatic rings. The van der Waals surface area contributed by atoms with Crippen molar-refractivity contribution in [1.29, 1.82) is 5.26 Å². The molecule has 3 heteroatoms. The molecule has 1 aromatic rings. The Morgan fingerprint density at radius 2 is 2.25 bits per heavy atom. The second-order valence-corrected chi connectivity index (χ2v) is 5.33. The summed E-state index contributed by atoms with van der Waals surface area (Å²) >= 11 is 3.39. The molecule has 2 nitrogen and oxygen atoms in total. The highest BCUT2D eigenvalue weighted by molar-refractivity contribution is 9.10. The van der Waals surface area contributed by atoms with E-state index in [9.17, 15) is 0 Å². The fraction of sp³-hybridized carbons (Fsp3) is 0.462. The Hall–Kier alpha value is -1.01. The standard InChI is InChI=1S/C13H15BrN2/c1-2-13(6-3-7-13)16-12-5-4-11(14)8-10(12)9-15/h4-5,8,16H,2-3,6-7H2,1H3. The van der Waals surface area contributed by atoms with Gasteiger partial charge in [0.05, 0.1) is 11.3 Å². The Morgan fingerprint density at radius 1 is 1.50 bits per heavy atom. The molecule has 0 spiro atoms. The molecule has 1 aliphatic carbocycles. The van der Waals surface area contributed by atoms with E-state index in [1.807, 2.05) is 18.2 Å². The molecule has 0 aromatic heterocycles. The van der Waals surface area contributed by atoms with E-state index in [2.05, 4.69) is 34.2 Å². The molecule has 1 N–H and O–H groups in total. The Bertz CT molecular complexity index is 425. The first-order valence-electron chi connectivity index (χ1n) is 5.67. The van der Waals surface area contributed by atoms with Crippen molar-refractivity contribution in [2.75, 3.05) is 5.32 Å². The van der Waals surface area contributed by atoms with E-state index in [4.69, 9.17) is 5.26 Å². The van der Waals surface area contributed by atoms with E-state index >= 15 is 0 Å². The van der Waals surface area contributed by atoms with Crippen LogP contribution in [-0.2, 0) is 0 Å². The van der Waals surface area contributed by atoms with Gasteiger partial charge in [0.1, 0.15) is 6.07 Å². The second-order valence-electron chi connectivity index (χ2n) is 4.41. The largest absolute Gasteiger partial charge is 0.379 e. The number of nitrogens with one attached hydrogen (secondary N) is 1. The van der Waals surface area contributed by atoms with Crippen LogP contribution < -0.4 is 5.32 Å². The van der Waals surface area contributed by atoms with Crippen LogP contribution in [0.5, 0.6) is 0 Å². The van der Waals surface area contributed by atoms with Gasteiger partial charge in [-0.3, -0.25) is 0 Å². The minimum absolute atomic E-state index is 0.236. The van der Waals surface area contributed by atoms with E-state index in [1.54, 1.807) is 0 Å². The first kappa shape index (κ1) is 11.5. The number of anilines is 1. The summed E-state index contributed by atoms with van der Waals surface area (Å²) in [7, 11) is 0. The van der Waals surface area contributed by atoms with Crippen molar-refractivity contribution in [2.24, 2.45) is 0 Å². The number of nitriles is 1. The Balaban J connectivity index is 2.24. The van der Waals surface area contributed by atoms with Gasteiger partial charge in [0.25, 0.3) is 0 Å². The highest BCUT2D eigenvalue weighted by Gasteiger charge is 2.35. The summed E-state index contributed by atoms with van der Waals surface area (Å²) in [6.07, 6.45) is 4.84. The third-order valence-corrected chi connectivity index (χ3v) is 3.98. The van der Waals surface area contributed by atoms with E-state index in [0.29, 0.717) is 5.56 Å². The summed E-state index contributed by atoms with van der Waals surface area (Å²) in [4.78, 5) is 0. The number of benzene rings is 1. The smallest absolute Gasteiger partial charge is 0.101 e. The van der Waals surface area contributed by atoms with Gasteiger partial charge in [-0.15, -0.1) is 0 Å². The molecule has 16 heavy (non-hydrogen) atoms.